The van der Waals surface area contributed by atoms with Crippen molar-refractivity contribution in [3.63, 3.8) is 0 Å². The predicted molar refractivity (Wildman–Crippen MR) is 105 cm³/mol. The van der Waals surface area contributed by atoms with Crippen molar-refractivity contribution in [2.24, 2.45) is 0 Å². The van der Waals surface area contributed by atoms with Gasteiger partial charge in [0.1, 0.15) is 17.2 Å². The third-order valence-electron chi connectivity index (χ3n) is 4.65. The molecular formula is C21H24N2O5. The molecular weight excluding hydrogens is 360 g/mol. The number of methoxy groups -OCH3 is 2. The summed E-state index contributed by atoms with van der Waals surface area (Å²) in [5, 5.41) is 2.96. The lowest BCUT2D eigenvalue weighted by Gasteiger charge is -2.29. The van der Waals surface area contributed by atoms with Crippen LogP contribution in [-0.4, -0.2) is 39.2 Å². The number of hydrogen-bond acceptors (Lipinski definition) is 5. The van der Waals surface area contributed by atoms with Gasteiger partial charge in [-0.15, -0.1) is 0 Å². The van der Waals surface area contributed by atoms with Crippen LogP contribution in [0, 0.1) is 0 Å². The summed E-state index contributed by atoms with van der Waals surface area (Å²) in [6.07, 6.45) is 0.177. The zero-order valence-corrected chi connectivity index (χ0v) is 16.2. The minimum absolute atomic E-state index is 0.0178. The first-order valence-corrected chi connectivity index (χ1v) is 9.07. The van der Waals surface area contributed by atoms with E-state index in [4.69, 9.17) is 14.2 Å². The Balaban J connectivity index is 1.64. The lowest BCUT2D eigenvalue weighted by Crippen LogP contribution is -2.41. The lowest BCUT2D eigenvalue weighted by molar-refractivity contribution is -0.122. The van der Waals surface area contributed by atoms with Crippen LogP contribution in [0.2, 0.25) is 0 Å². The molecule has 0 saturated heterocycles. The van der Waals surface area contributed by atoms with Gasteiger partial charge in [0.05, 0.1) is 25.9 Å². The Bertz CT molecular complexity index is 868. The molecule has 2 aromatic rings. The molecule has 2 amide bonds. The van der Waals surface area contributed by atoms with Crippen molar-refractivity contribution in [3.05, 3.63) is 48.0 Å². The number of amides is 2. The van der Waals surface area contributed by atoms with Gasteiger partial charge < -0.3 is 24.4 Å². The van der Waals surface area contributed by atoms with Crippen LogP contribution in [0.4, 0.5) is 5.69 Å². The fraction of sp³-hybridized carbons (Fsp3) is 0.333. The average molecular weight is 384 g/mol. The van der Waals surface area contributed by atoms with Crippen LogP contribution in [0.1, 0.15) is 24.9 Å². The summed E-state index contributed by atoms with van der Waals surface area (Å²) in [6.45, 7) is 2.15. The third-order valence-corrected chi connectivity index (χ3v) is 4.65. The van der Waals surface area contributed by atoms with Crippen LogP contribution in [0.15, 0.2) is 42.5 Å². The van der Waals surface area contributed by atoms with Gasteiger partial charge in [0.15, 0.2) is 6.61 Å². The fourth-order valence-corrected chi connectivity index (χ4v) is 3.18. The smallest absolute Gasteiger partial charge is 0.265 e. The molecule has 1 N–H and O–H groups in total. The molecule has 148 valence electrons. The number of benzene rings is 2. The molecule has 0 spiro atoms. The summed E-state index contributed by atoms with van der Waals surface area (Å²) in [4.78, 5) is 26.3. The van der Waals surface area contributed by atoms with Crippen LogP contribution in [0.5, 0.6) is 17.2 Å². The number of fused-ring (bicyclic) bond motifs is 1. The van der Waals surface area contributed by atoms with E-state index in [0.29, 0.717) is 22.9 Å². The molecule has 1 aliphatic heterocycles. The molecule has 7 nitrogen and oxygen atoms in total. The SMILES string of the molecule is COc1ccc(OC)c(C(C)NC(=O)CCN2C(=O)COc3ccccc32)c1. The second-order valence-corrected chi connectivity index (χ2v) is 6.45. The number of carbonyl (C=O) groups excluding carboxylic acids is 2. The van der Waals surface area contributed by atoms with E-state index < -0.39 is 0 Å². The lowest BCUT2D eigenvalue weighted by atomic mass is 10.1. The maximum absolute atomic E-state index is 12.5. The second-order valence-electron chi connectivity index (χ2n) is 6.45. The molecule has 1 heterocycles. The Labute approximate surface area is 164 Å². The Kier molecular flexibility index (Phi) is 6.03. The van der Waals surface area contributed by atoms with Gasteiger partial charge in [-0.2, -0.15) is 0 Å². The highest BCUT2D eigenvalue weighted by atomic mass is 16.5. The minimum atomic E-state index is -0.273. The van der Waals surface area contributed by atoms with Crippen molar-refractivity contribution in [3.8, 4) is 17.2 Å². The first-order valence-electron chi connectivity index (χ1n) is 9.07. The highest BCUT2D eigenvalue weighted by molar-refractivity contribution is 5.98. The largest absolute Gasteiger partial charge is 0.497 e. The monoisotopic (exact) mass is 384 g/mol. The van der Waals surface area contributed by atoms with E-state index in [9.17, 15) is 9.59 Å². The molecule has 0 saturated carbocycles. The Morgan fingerprint density at radius 2 is 2.00 bits per heavy atom. The van der Waals surface area contributed by atoms with Gasteiger partial charge in [-0.25, -0.2) is 0 Å². The molecule has 1 unspecified atom stereocenters. The summed E-state index contributed by atoms with van der Waals surface area (Å²) in [7, 11) is 3.17. The summed E-state index contributed by atoms with van der Waals surface area (Å²) in [5.41, 5.74) is 1.51. The second kappa shape index (κ2) is 8.65. The Morgan fingerprint density at radius 3 is 2.75 bits per heavy atom. The summed E-state index contributed by atoms with van der Waals surface area (Å²) < 4.78 is 16.1. The first-order chi connectivity index (χ1) is 13.5. The molecule has 0 radical (unpaired) electrons. The third kappa shape index (κ3) is 4.19. The molecule has 0 fully saturated rings. The Morgan fingerprint density at radius 1 is 1.21 bits per heavy atom. The normalized spacial score (nSPS) is 14.0. The highest BCUT2D eigenvalue weighted by Gasteiger charge is 2.25. The van der Waals surface area contributed by atoms with E-state index in [0.717, 1.165) is 5.56 Å². The zero-order chi connectivity index (χ0) is 20.1. The number of ether oxygens (including phenoxy) is 3. The van der Waals surface area contributed by atoms with Gasteiger partial charge >= 0.3 is 0 Å². The number of nitrogens with zero attached hydrogens (tertiary/aromatic N) is 1. The number of rotatable bonds is 7. The van der Waals surface area contributed by atoms with Crippen molar-refractivity contribution in [2.45, 2.75) is 19.4 Å². The highest BCUT2D eigenvalue weighted by Crippen LogP contribution is 2.32. The predicted octanol–water partition coefficient (Wildman–Crippen LogP) is 2.70. The van der Waals surface area contributed by atoms with Gasteiger partial charge in [-0.3, -0.25) is 9.59 Å². The van der Waals surface area contributed by atoms with E-state index in [-0.39, 0.29) is 37.4 Å². The van der Waals surface area contributed by atoms with Crippen molar-refractivity contribution < 1.29 is 23.8 Å². The maximum atomic E-state index is 12.5. The van der Waals surface area contributed by atoms with E-state index in [1.807, 2.05) is 37.3 Å². The first kappa shape index (κ1) is 19.5. The molecule has 2 aromatic carbocycles. The minimum Gasteiger partial charge on any atom is -0.497 e. The molecule has 0 aromatic heterocycles. The van der Waals surface area contributed by atoms with Crippen molar-refractivity contribution in [1.29, 1.82) is 0 Å². The van der Waals surface area contributed by atoms with Gasteiger partial charge in [-0.1, -0.05) is 12.1 Å². The molecule has 1 aliphatic rings. The standard InChI is InChI=1S/C21H24N2O5/c1-14(16-12-15(26-2)8-9-18(16)27-3)22-20(24)10-11-23-17-6-4-5-7-19(17)28-13-21(23)25/h4-9,12,14H,10-11,13H2,1-3H3,(H,22,24). The van der Waals surface area contributed by atoms with Gasteiger partial charge in [-0.05, 0) is 37.3 Å². The molecule has 0 bridgehead atoms. The Hall–Kier alpha value is -3.22. The zero-order valence-electron chi connectivity index (χ0n) is 16.2. The topological polar surface area (TPSA) is 77.1 Å². The summed E-state index contributed by atoms with van der Waals surface area (Å²) >= 11 is 0. The van der Waals surface area contributed by atoms with Crippen LogP contribution < -0.4 is 24.4 Å². The number of nitrogens with one attached hydrogen (secondary N) is 1. The quantitative estimate of drug-likeness (QED) is 0.794. The van der Waals surface area contributed by atoms with Gasteiger partial charge in [0.2, 0.25) is 5.91 Å². The average Bonchev–Trinajstić information content (AvgIpc) is 2.72. The fourth-order valence-electron chi connectivity index (χ4n) is 3.18. The molecule has 0 aliphatic carbocycles. The van der Waals surface area contributed by atoms with Crippen molar-refractivity contribution >= 4 is 17.5 Å². The van der Waals surface area contributed by atoms with Crippen LogP contribution >= 0.6 is 0 Å². The summed E-state index contributed by atoms with van der Waals surface area (Å²) in [5.74, 6) is 1.69. The van der Waals surface area contributed by atoms with E-state index in [1.165, 1.54) is 0 Å². The molecule has 7 heteroatoms. The van der Waals surface area contributed by atoms with E-state index in [2.05, 4.69) is 5.32 Å². The van der Waals surface area contributed by atoms with Crippen molar-refractivity contribution in [1.82, 2.24) is 5.32 Å². The van der Waals surface area contributed by atoms with E-state index in [1.54, 1.807) is 31.3 Å². The van der Waals surface area contributed by atoms with Gasteiger partial charge in [0.25, 0.3) is 5.91 Å². The number of anilines is 1. The van der Waals surface area contributed by atoms with Crippen LogP contribution in [0.25, 0.3) is 0 Å². The van der Waals surface area contributed by atoms with Crippen LogP contribution in [0.3, 0.4) is 0 Å². The number of hydrogen-bond donors (Lipinski definition) is 1. The van der Waals surface area contributed by atoms with Gasteiger partial charge in [0, 0.05) is 18.5 Å². The molecule has 28 heavy (non-hydrogen) atoms. The van der Waals surface area contributed by atoms with Crippen molar-refractivity contribution in [2.75, 3.05) is 32.3 Å². The van der Waals surface area contributed by atoms with E-state index >= 15 is 0 Å². The van der Waals surface area contributed by atoms with Crippen LogP contribution in [-0.2, 0) is 9.59 Å². The number of carbonyl (C=O) groups is 2. The number of para-hydroxylation sites is 2. The molecule has 3 rings (SSSR count). The maximum Gasteiger partial charge on any atom is 0.265 e. The summed E-state index contributed by atoms with van der Waals surface area (Å²) in [6, 6.07) is 12.5. The molecule has 1 atom stereocenters.